The summed E-state index contributed by atoms with van der Waals surface area (Å²) in [5.74, 6) is -0.0941. The summed E-state index contributed by atoms with van der Waals surface area (Å²) in [5.41, 5.74) is 1.70. The first-order valence-corrected chi connectivity index (χ1v) is 5.20. The highest BCUT2D eigenvalue weighted by atomic mass is 16.1. The summed E-state index contributed by atoms with van der Waals surface area (Å²) in [5, 5.41) is 2.57. The normalized spacial score (nSPS) is 11.2. The molecule has 3 heteroatoms. The summed E-state index contributed by atoms with van der Waals surface area (Å²) >= 11 is 0. The molecule has 0 aliphatic rings. The molecule has 1 aromatic rings. The van der Waals surface area contributed by atoms with Gasteiger partial charge in [-0.3, -0.25) is 9.78 Å². The van der Waals surface area contributed by atoms with Crippen molar-refractivity contribution in [1.82, 2.24) is 10.3 Å². The fourth-order valence-corrected chi connectivity index (χ4v) is 1.25. The van der Waals surface area contributed by atoms with E-state index in [4.69, 9.17) is 0 Å². The minimum absolute atomic E-state index is 0.0707. The lowest BCUT2D eigenvalue weighted by Gasteiger charge is -2.21. The van der Waals surface area contributed by atoms with E-state index < -0.39 is 0 Å². The van der Waals surface area contributed by atoms with Crippen molar-refractivity contribution in [1.29, 1.82) is 0 Å². The predicted octanol–water partition coefficient (Wildman–Crippen LogP) is 2.13. The summed E-state index contributed by atoms with van der Waals surface area (Å²) in [6.07, 6.45) is 2.66. The minimum atomic E-state index is -0.0941. The Bertz CT molecular complexity index is 341. The van der Waals surface area contributed by atoms with Gasteiger partial charge in [0.05, 0.1) is 5.56 Å². The molecule has 1 heterocycles. The molecule has 0 bridgehead atoms. The molecule has 0 aromatic carbocycles. The van der Waals surface area contributed by atoms with Crippen molar-refractivity contribution >= 4 is 5.91 Å². The predicted molar refractivity (Wildman–Crippen MR) is 60.9 cm³/mol. The number of rotatable bonds is 3. The first-order chi connectivity index (χ1) is 7.01. The first-order valence-electron chi connectivity index (χ1n) is 5.20. The zero-order valence-corrected chi connectivity index (χ0v) is 9.79. The fourth-order valence-electron chi connectivity index (χ4n) is 1.25. The molecular formula is C12H18N2O. The molecule has 0 radical (unpaired) electrons. The Kier molecular flexibility index (Phi) is 3.45. The second-order valence-corrected chi connectivity index (χ2v) is 4.25. The van der Waals surface area contributed by atoms with E-state index in [9.17, 15) is 4.79 Å². The SMILES string of the molecule is CCC(C)(C)c1ccc(C(=O)NC)cn1. The van der Waals surface area contributed by atoms with Crippen LogP contribution in [0.2, 0.25) is 0 Å². The Hall–Kier alpha value is -1.38. The van der Waals surface area contributed by atoms with Crippen molar-refractivity contribution in [3.63, 3.8) is 0 Å². The lowest BCUT2D eigenvalue weighted by atomic mass is 9.86. The molecule has 0 saturated carbocycles. The van der Waals surface area contributed by atoms with E-state index in [0.29, 0.717) is 5.56 Å². The molecule has 0 saturated heterocycles. The second-order valence-electron chi connectivity index (χ2n) is 4.25. The number of nitrogens with zero attached hydrogens (tertiary/aromatic N) is 1. The third-order valence-corrected chi connectivity index (χ3v) is 2.83. The van der Waals surface area contributed by atoms with Crippen molar-refractivity contribution < 1.29 is 4.79 Å². The van der Waals surface area contributed by atoms with Crippen molar-refractivity contribution in [3.8, 4) is 0 Å². The minimum Gasteiger partial charge on any atom is -0.355 e. The number of carbonyl (C=O) groups excluding carboxylic acids is 1. The van der Waals surface area contributed by atoms with Gasteiger partial charge in [-0.15, -0.1) is 0 Å². The van der Waals surface area contributed by atoms with Gasteiger partial charge in [-0.05, 0) is 18.6 Å². The third kappa shape index (κ3) is 2.55. The van der Waals surface area contributed by atoms with E-state index in [1.807, 2.05) is 12.1 Å². The van der Waals surface area contributed by atoms with E-state index in [0.717, 1.165) is 12.1 Å². The Morgan fingerprint density at radius 1 is 1.47 bits per heavy atom. The Morgan fingerprint density at radius 2 is 2.13 bits per heavy atom. The molecule has 0 aliphatic heterocycles. The number of hydrogen-bond acceptors (Lipinski definition) is 2. The number of nitrogens with one attached hydrogen (secondary N) is 1. The van der Waals surface area contributed by atoms with Crippen LogP contribution in [0.5, 0.6) is 0 Å². The Labute approximate surface area is 90.9 Å². The molecule has 3 nitrogen and oxygen atoms in total. The molecule has 1 N–H and O–H groups in total. The van der Waals surface area contributed by atoms with Crippen LogP contribution in [0.15, 0.2) is 18.3 Å². The highest BCUT2D eigenvalue weighted by Gasteiger charge is 2.19. The average molecular weight is 206 g/mol. The standard InChI is InChI=1S/C12H18N2O/c1-5-12(2,3)10-7-6-9(8-14-10)11(15)13-4/h6-8H,5H2,1-4H3,(H,13,15). The monoisotopic (exact) mass is 206 g/mol. The number of amides is 1. The molecule has 1 aromatic heterocycles. The van der Waals surface area contributed by atoms with Gasteiger partial charge in [0.25, 0.3) is 5.91 Å². The lowest BCUT2D eigenvalue weighted by molar-refractivity contribution is 0.0962. The van der Waals surface area contributed by atoms with Gasteiger partial charge in [-0.25, -0.2) is 0 Å². The van der Waals surface area contributed by atoms with Crippen LogP contribution in [0, 0.1) is 0 Å². The van der Waals surface area contributed by atoms with E-state index in [1.54, 1.807) is 13.2 Å². The summed E-state index contributed by atoms with van der Waals surface area (Å²) in [6, 6.07) is 3.74. The van der Waals surface area contributed by atoms with Gasteiger partial charge in [-0.1, -0.05) is 20.8 Å². The van der Waals surface area contributed by atoms with E-state index >= 15 is 0 Å². The molecule has 0 atom stereocenters. The van der Waals surface area contributed by atoms with E-state index in [-0.39, 0.29) is 11.3 Å². The molecule has 0 fully saturated rings. The molecular weight excluding hydrogens is 188 g/mol. The fraction of sp³-hybridized carbons (Fsp3) is 0.500. The van der Waals surface area contributed by atoms with E-state index in [2.05, 4.69) is 31.1 Å². The summed E-state index contributed by atoms with van der Waals surface area (Å²) in [7, 11) is 1.62. The second kappa shape index (κ2) is 4.43. The van der Waals surface area contributed by atoms with Gasteiger partial charge < -0.3 is 5.32 Å². The Balaban J connectivity index is 2.95. The largest absolute Gasteiger partial charge is 0.355 e. The summed E-state index contributed by atoms with van der Waals surface area (Å²) in [6.45, 7) is 6.43. The maximum absolute atomic E-state index is 11.3. The van der Waals surface area contributed by atoms with Crippen LogP contribution in [0.25, 0.3) is 0 Å². The molecule has 1 amide bonds. The zero-order valence-electron chi connectivity index (χ0n) is 9.79. The Morgan fingerprint density at radius 3 is 2.53 bits per heavy atom. The maximum atomic E-state index is 11.3. The van der Waals surface area contributed by atoms with Crippen molar-refractivity contribution in [2.24, 2.45) is 0 Å². The number of hydrogen-bond donors (Lipinski definition) is 1. The smallest absolute Gasteiger partial charge is 0.252 e. The topological polar surface area (TPSA) is 42.0 Å². The van der Waals surface area contributed by atoms with Crippen LogP contribution in [0.4, 0.5) is 0 Å². The molecule has 0 unspecified atom stereocenters. The van der Waals surface area contributed by atoms with Crippen molar-refractivity contribution in [2.45, 2.75) is 32.6 Å². The van der Waals surface area contributed by atoms with Crippen LogP contribution < -0.4 is 5.32 Å². The number of carbonyl (C=O) groups is 1. The van der Waals surface area contributed by atoms with Crippen LogP contribution in [-0.4, -0.2) is 17.9 Å². The lowest BCUT2D eigenvalue weighted by Crippen LogP contribution is -2.20. The van der Waals surface area contributed by atoms with Gasteiger partial charge in [0.1, 0.15) is 0 Å². The average Bonchev–Trinajstić information content (AvgIpc) is 2.28. The molecule has 0 aliphatic carbocycles. The van der Waals surface area contributed by atoms with Gasteiger partial charge in [0.15, 0.2) is 0 Å². The molecule has 82 valence electrons. The van der Waals surface area contributed by atoms with Crippen LogP contribution in [0.3, 0.4) is 0 Å². The van der Waals surface area contributed by atoms with Gasteiger partial charge >= 0.3 is 0 Å². The number of aromatic nitrogens is 1. The highest BCUT2D eigenvalue weighted by Crippen LogP contribution is 2.24. The van der Waals surface area contributed by atoms with Gasteiger partial charge in [0, 0.05) is 24.4 Å². The first kappa shape index (κ1) is 11.7. The molecule has 0 spiro atoms. The maximum Gasteiger partial charge on any atom is 0.252 e. The van der Waals surface area contributed by atoms with Crippen molar-refractivity contribution in [3.05, 3.63) is 29.6 Å². The quantitative estimate of drug-likeness (QED) is 0.823. The van der Waals surface area contributed by atoms with Crippen molar-refractivity contribution in [2.75, 3.05) is 7.05 Å². The summed E-state index contributed by atoms with van der Waals surface area (Å²) in [4.78, 5) is 15.6. The summed E-state index contributed by atoms with van der Waals surface area (Å²) < 4.78 is 0. The van der Waals surface area contributed by atoms with Crippen LogP contribution in [-0.2, 0) is 5.41 Å². The van der Waals surface area contributed by atoms with Gasteiger partial charge in [-0.2, -0.15) is 0 Å². The highest BCUT2D eigenvalue weighted by molar-refractivity contribution is 5.93. The molecule has 15 heavy (non-hydrogen) atoms. The van der Waals surface area contributed by atoms with Crippen LogP contribution >= 0.6 is 0 Å². The van der Waals surface area contributed by atoms with E-state index in [1.165, 1.54) is 0 Å². The number of pyridine rings is 1. The van der Waals surface area contributed by atoms with Crippen LogP contribution in [0.1, 0.15) is 43.2 Å². The third-order valence-electron chi connectivity index (χ3n) is 2.83. The zero-order chi connectivity index (χ0) is 11.5. The van der Waals surface area contributed by atoms with Gasteiger partial charge in [0.2, 0.25) is 0 Å². The molecule has 1 rings (SSSR count).